The Balaban J connectivity index is 2.09. The van der Waals surface area contributed by atoms with Crippen LogP contribution in [-0.4, -0.2) is 23.1 Å². The van der Waals surface area contributed by atoms with Crippen molar-refractivity contribution in [1.82, 2.24) is 0 Å². The maximum Gasteiger partial charge on any atom is 0.174 e. The Labute approximate surface area is 134 Å². The fraction of sp³-hybridized carbons (Fsp3) is 0.278. The molecule has 1 heterocycles. The first-order valence-corrected chi connectivity index (χ1v) is 7.33. The van der Waals surface area contributed by atoms with Crippen molar-refractivity contribution < 1.29 is 24.5 Å². The molecule has 0 bridgehead atoms. The molecule has 0 amide bonds. The minimum Gasteiger partial charge on any atom is -0.507 e. The molecule has 1 aliphatic heterocycles. The fourth-order valence-electron chi connectivity index (χ4n) is 2.87. The van der Waals surface area contributed by atoms with E-state index in [1.165, 1.54) is 0 Å². The summed E-state index contributed by atoms with van der Waals surface area (Å²) in [5, 5.41) is 20.3. The van der Waals surface area contributed by atoms with Crippen molar-refractivity contribution >= 4 is 5.78 Å². The van der Waals surface area contributed by atoms with Gasteiger partial charge in [-0.2, -0.15) is 0 Å². The molecule has 0 unspecified atom stereocenters. The number of ketones is 1. The van der Waals surface area contributed by atoms with Crippen LogP contribution in [0.2, 0.25) is 0 Å². The Kier molecular flexibility index (Phi) is 3.64. The van der Waals surface area contributed by atoms with Gasteiger partial charge in [-0.15, -0.1) is 0 Å². The van der Waals surface area contributed by atoms with Crippen LogP contribution in [-0.2, 0) is 0 Å². The monoisotopic (exact) mass is 314 g/mol. The third-order valence-corrected chi connectivity index (χ3v) is 4.25. The highest BCUT2D eigenvalue weighted by atomic mass is 16.5. The molecule has 0 aromatic heterocycles. The summed E-state index contributed by atoms with van der Waals surface area (Å²) in [5.74, 6) is 0.450. The van der Waals surface area contributed by atoms with Gasteiger partial charge in [-0.1, -0.05) is 12.1 Å². The third kappa shape index (κ3) is 2.38. The van der Waals surface area contributed by atoms with E-state index >= 15 is 0 Å². The SMILES string of the molecule is COc1cccc([C@@H]2CC(=O)c3c(O)c(C)c(O)c(C)c3O2)c1. The smallest absolute Gasteiger partial charge is 0.174 e. The number of carbonyl (C=O) groups excluding carboxylic acids is 1. The van der Waals surface area contributed by atoms with Gasteiger partial charge >= 0.3 is 0 Å². The van der Waals surface area contributed by atoms with Crippen LogP contribution in [0.4, 0.5) is 0 Å². The summed E-state index contributed by atoms with van der Waals surface area (Å²) in [5.41, 5.74) is 1.70. The molecule has 0 spiro atoms. The van der Waals surface area contributed by atoms with Crippen molar-refractivity contribution in [3.05, 3.63) is 46.5 Å². The van der Waals surface area contributed by atoms with E-state index in [4.69, 9.17) is 9.47 Å². The first-order chi connectivity index (χ1) is 10.9. The molecule has 5 nitrogen and oxygen atoms in total. The molecule has 23 heavy (non-hydrogen) atoms. The number of hydrogen-bond donors (Lipinski definition) is 2. The zero-order valence-electron chi connectivity index (χ0n) is 13.2. The standard InChI is InChI=1S/C18H18O5/c1-9-16(20)10(2)18-15(17(9)21)13(19)8-14(23-18)11-5-4-6-12(7-11)22-3/h4-7,14,20-21H,8H2,1-3H3/t14-/m0/s1. The van der Waals surface area contributed by atoms with Gasteiger partial charge in [-0.3, -0.25) is 4.79 Å². The second kappa shape index (κ2) is 5.50. The molecule has 0 aliphatic carbocycles. The Morgan fingerprint density at radius 1 is 1.17 bits per heavy atom. The second-order valence-electron chi connectivity index (χ2n) is 5.66. The molecule has 1 atom stereocenters. The number of methoxy groups -OCH3 is 1. The topological polar surface area (TPSA) is 76.0 Å². The van der Waals surface area contributed by atoms with Crippen molar-refractivity contribution in [2.75, 3.05) is 7.11 Å². The highest BCUT2D eigenvalue weighted by molar-refractivity contribution is 6.03. The fourth-order valence-corrected chi connectivity index (χ4v) is 2.87. The van der Waals surface area contributed by atoms with E-state index in [-0.39, 0.29) is 40.6 Å². The Bertz CT molecular complexity index is 794. The van der Waals surface area contributed by atoms with Crippen LogP contribution in [0.15, 0.2) is 24.3 Å². The number of benzene rings is 2. The van der Waals surface area contributed by atoms with Crippen LogP contribution in [0.3, 0.4) is 0 Å². The van der Waals surface area contributed by atoms with Crippen LogP contribution in [0.1, 0.15) is 39.6 Å². The third-order valence-electron chi connectivity index (χ3n) is 4.25. The number of rotatable bonds is 2. The Morgan fingerprint density at radius 3 is 2.61 bits per heavy atom. The largest absolute Gasteiger partial charge is 0.507 e. The van der Waals surface area contributed by atoms with Gasteiger partial charge in [0.2, 0.25) is 0 Å². The number of ether oxygens (including phenoxy) is 2. The van der Waals surface area contributed by atoms with E-state index in [1.54, 1.807) is 21.0 Å². The number of phenols is 2. The minimum atomic E-state index is -0.481. The minimum absolute atomic E-state index is 0.0552. The van der Waals surface area contributed by atoms with Gasteiger partial charge in [0, 0.05) is 11.1 Å². The molecule has 0 saturated carbocycles. The second-order valence-corrected chi connectivity index (χ2v) is 5.66. The maximum absolute atomic E-state index is 12.5. The zero-order chi connectivity index (χ0) is 16.7. The number of aromatic hydroxyl groups is 2. The zero-order valence-corrected chi connectivity index (χ0v) is 13.2. The van der Waals surface area contributed by atoms with Gasteiger partial charge in [0.05, 0.1) is 13.5 Å². The molecule has 5 heteroatoms. The number of fused-ring (bicyclic) bond motifs is 1. The molecular formula is C18H18O5. The highest BCUT2D eigenvalue weighted by Crippen LogP contribution is 2.47. The van der Waals surface area contributed by atoms with Gasteiger partial charge in [-0.25, -0.2) is 0 Å². The average Bonchev–Trinajstić information content (AvgIpc) is 2.57. The molecule has 3 rings (SSSR count). The van der Waals surface area contributed by atoms with Crippen LogP contribution in [0, 0.1) is 13.8 Å². The van der Waals surface area contributed by atoms with E-state index < -0.39 is 6.10 Å². The summed E-state index contributed by atoms with van der Waals surface area (Å²) in [7, 11) is 1.57. The summed E-state index contributed by atoms with van der Waals surface area (Å²) >= 11 is 0. The van der Waals surface area contributed by atoms with E-state index in [9.17, 15) is 15.0 Å². The molecule has 2 aromatic rings. The maximum atomic E-state index is 12.5. The van der Waals surface area contributed by atoms with Crippen LogP contribution in [0.25, 0.3) is 0 Å². The molecule has 1 aliphatic rings. The van der Waals surface area contributed by atoms with E-state index in [0.29, 0.717) is 11.3 Å². The molecule has 2 N–H and O–H groups in total. The van der Waals surface area contributed by atoms with Gasteiger partial charge in [-0.05, 0) is 31.5 Å². The van der Waals surface area contributed by atoms with Gasteiger partial charge in [0.1, 0.15) is 34.7 Å². The van der Waals surface area contributed by atoms with Crippen molar-refractivity contribution in [2.24, 2.45) is 0 Å². The number of Topliss-reactive ketones (excluding diaryl/α,β-unsaturated/α-hetero) is 1. The normalized spacial score (nSPS) is 16.7. The first-order valence-electron chi connectivity index (χ1n) is 7.33. The molecular weight excluding hydrogens is 296 g/mol. The van der Waals surface area contributed by atoms with Crippen LogP contribution >= 0.6 is 0 Å². The van der Waals surface area contributed by atoms with Gasteiger partial charge in [0.25, 0.3) is 0 Å². The van der Waals surface area contributed by atoms with Gasteiger partial charge < -0.3 is 19.7 Å². The van der Waals surface area contributed by atoms with Crippen LogP contribution in [0.5, 0.6) is 23.0 Å². The lowest BCUT2D eigenvalue weighted by Gasteiger charge is -2.28. The van der Waals surface area contributed by atoms with Crippen molar-refractivity contribution in [3.8, 4) is 23.0 Å². The lowest BCUT2D eigenvalue weighted by molar-refractivity contribution is 0.0842. The van der Waals surface area contributed by atoms with Crippen molar-refractivity contribution in [2.45, 2.75) is 26.4 Å². The molecule has 120 valence electrons. The Hall–Kier alpha value is -2.69. The van der Waals surface area contributed by atoms with E-state index in [2.05, 4.69) is 0 Å². The summed E-state index contributed by atoms with van der Waals surface area (Å²) in [4.78, 5) is 12.5. The summed E-state index contributed by atoms with van der Waals surface area (Å²) in [6, 6.07) is 7.31. The number of phenolic OH excluding ortho intramolecular Hbond substituents is 2. The molecule has 0 saturated heterocycles. The lowest BCUT2D eigenvalue weighted by atomic mass is 9.91. The number of hydrogen-bond acceptors (Lipinski definition) is 5. The summed E-state index contributed by atoms with van der Waals surface area (Å²) in [6.07, 6.45) is -0.359. The predicted octanol–water partition coefficient (Wildman–Crippen LogP) is 3.43. The summed E-state index contributed by atoms with van der Waals surface area (Å²) < 4.78 is 11.1. The van der Waals surface area contributed by atoms with Crippen LogP contribution < -0.4 is 9.47 Å². The quantitative estimate of drug-likeness (QED) is 0.888. The van der Waals surface area contributed by atoms with Gasteiger partial charge in [0.15, 0.2) is 5.78 Å². The van der Waals surface area contributed by atoms with E-state index in [0.717, 1.165) is 5.56 Å². The average molecular weight is 314 g/mol. The van der Waals surface area contributed by atoms with Crippen molar-refractivity contribution in [3.63, 3.8) is 0 Å². The highest BCUT2D eigenvalue weighted by Gasteiger charge is 2.34. The lowest BCUT2D eigenvalue weighted by Crippen LogP contribution is -2.21. The number of carbonyl (C=O) groups is 1. The Morgan fingerprint density at radius 2 is 1.91 bits per heavy atom. The van der Waals surface area contributed by atoms with E-state index in [1.807, 2.05) is 24.3 Å². The van der Waals surface area contributed by atoms with Crippen molar-refractivity contribution in [1.29, 1.82) is 0 Å². The first kappa shape index (κ1) is 15.2. The molecule has 0 fully saturated rings. The predicted molar refractivity (Wildman–Crippen MR) is 84.6 cm³/mol. The molecule has 0 radical (unpaired) electrons. The molecule has 2 aromatic carbocycles. The summed E-state index contributed by atoms with van der Waals surface area (Å²) in [6.45, 7) is 3.24.